The summed E-state index contributed by atoms with van der Waals surface area (Å²) >= 11 is 3.35. The van der Waals surface area contributed by atoms with Crippen LogP contribution in [0.25, 0.3) is 11.1 Å². The van der Waals surface area contributed by atoms with Gasteiger partial charge in [-0.3, -0.25) is 4.79 Å². The first-order valence-corrected chi connectivity index (χ1v) is 9.27. The molecule has 0 aromatic heterocycles. The van der Waals surface area contributed by atoms with Gasteiger partial charge in [-0.15, -0.1) is 0 Å². The summed E-state index contributed by atoms with van der Waals surface area (Å²) in [7, 11) is 0. The summed E-state index contributed by atoms with van der Waals surface area (Å²) in [5.41, 5.74) is 1.74. The van der Waals surface area contributed by atoms with Crippen LogP contribution in [-0.2, 0) is 4.79 Å². The molecule has 4 heteroatoms. The molecular formula is C20H24BrFO2. The second-order valence-corrected chi connectivity index (χ2v) is 6.35. The molecule has 0 fully saturated rings. The fraction of sp³-hybridized carbons (Fsp3) is 0.350. The minimum absolute atomic E-state index is 0.396. The van der Waals surface area contributed by atoms with Crippen LogP contribution < -0.4 is 0 Å². The lowest BCUT2D eigenvalue weighted by atomic mass is 9.97. The van der Waals surface area contributed by atoms with E-state index in [1.54, 1.807) is 19.1 Å². The van der Waals surface area contributed by atoms with Crippen LogP contribution in [0.2, 0.25) is 0 Å². The first-order valence-electron chi connectivity index (χ1n) is 8.14. The number of hydrogen-bond acceptors (Lipinski definition) is 1. The molecule has 0 aliphatic rings. The summed E-state index contributed by atoms with van der Waals surface area (Å²) in [6.45, 7) is 3.75. The second kappa shape index (κ2) is 11.0. The zero-order valence-corrected chi connectivity index (χ0v) is 15.7. The Kier molecular flexibility index (Phi) is 9.31. The van der Waals surface area contributed by atoms with E-state index in [2.05, 4.69) is 22.9 Å². The fourth-order valence-electron chi connectivity index (χ4n) is 2.14. The van der Waals surface area contributed by atoms with E-state index in [9.17, 15) is 9.18 Å². The number of hydrogen-bond donors (Lipinski definition) is 1. The minimum Gasteiger partial charge on any atom is -0.481 e. The zero-order valence-electron chi connectivity index (χ0n) is 14.1. The first kappa shape index (κ1) is 20.4. The van der Waals surface area contributed by atoms with E-state index in [0.717, 1.165) is 5.56 Å². The number of unbranched alkanes of at least 4 members (excludes halogenated alkanes) is 2. The van der Waals surface area contributed by atoms with Crippen LogP contribution in [0, 0.1) is 5.82 Å². The number of carbonyl (C=O) groups is 1. The molecular weight excluding hydrogens is 371 g/mol. The van der Waals surface area contributed by atoms with Crippen molar-refractivity contribution in [1.82, 2.24) is 0 Å². The predicted molar refractivity (Wildman–Crippen MR) is 101 cm³/mol. The molecule has 1 unspecified atom stereocenters. The second-order valence-electron chi connectivity index (χ2n) is 5.56. The number of aliphatic carboxylic acids is 1. The third-order valence-corrected chi connectivity index (χ3v) is 4.25. The number of alkyl halides is 1. The molecule has 1 N–H and O–H groups in total. The van der Waals surface area contributed by atoms with E-state index in [-0.39, 0.29) is 0 Å². The van der Waals surface area contributed by atoms with Crippen molar-refractivity contribution in [3.8, 4) is 11.1 Å². The Balaban J connectivity index is 0.000000413. The minimum atomic E-state index is -0.957. The van der Waals surface area contributed by atoms with E-state index in [4.69, 9.17) is 5.11 Å². The normalized spacial score (nSPS) is 11.3. The average Bonchev–Trinajstić information content (AvgIpc) is 2.60. The fourth-order valence-corrected chi connectivity index (χ4v) is 2.54. The maximum atomic E-state index is 14.0. The maximum absolute atomic E-state index is 14.0. The highest BCUT2D eigenvalue weighted by Crippen LogP contribution is 2.26. The molecule has 0 amide bonds. The number of carboxylic acid groups (broad SMARTS) is 1. The van der Waals surface area contributed by atoms with Gasteiger partial charge in [-0.25, -0.2) is 4.39 Å². The summed E-state index contributed by atoms with van der Waals surface area (Å²) in [6, 6.07) is 13.7. The van der Waals surface area contributed by atoms with E-state index >= 15 is 0 Å². The molecule has 1 atom stereocenters. The van der Waals surface area contributed by atoms with Crippen molar-refractivity contribution in [3.63, 3.8) is 0 Å². The lowest BCUT2D eigenvalue weighted by Crippen LogP contribution is -2.07. The Morgan fingerprint density at radius 2 is 1.83 bits per heavy atom. The van der Waals surface area contributed by atoms with Gasteiger partial charge in [-0.2, -0.15) is 0 Å². The van der Waals surface area contributed by atoms with Crippen molar-refractivity contribution in [3.05, 3.63) is 59.9 Å². The van der Waals surface area contributed by atoms with Crippen molar-refractivity contribution < 1.29 is 14.3 Å². The quantitative estimate of drug-likeness (QED) is 0.464. The highest BCUT2D eigenvalue weighted by Gasteiger charge is 2.15. The molecule has 2 aromatic rings. The lowest BCUT2D eigenvalue weighted by Gasteiger charge is -2.09. The van der Waals surface area contributed by atoms with Crippen LogP contribution in [-0.4, -0.2) is 16.4 Å². The van der Waals surface area contributed by atoms with Gasteiger partial charge in [0.25, 0.3) is 0 Å². The smallest absolute Gasteiger partial charge is 0.310 e. The molecule has 0 radical (unpaired) electrons. The SMILES string of the molecule is CC(C(=O)O)c1ccc(-c2ccccc2)c(F)c1.CCCCCBr. The molecule has 2 rings (SSSR count). The highest BCUT2D eigenvalue weighted by molar-refractivity contribution is 9.09. The van der Waals surface area contributed by atoms with Gasteiger partial charge in [-0.05, 0) is 30.5 Å². The van der Waals surface area contributed by atoms with Crippen LogP contribution in [0.5, 0.6) is 0 Å². The van der Waals surface area contributed by atoms with Gasteiger partial charge in [0.2, 0.25) is 0 Å². The van der Waals surface area contributed by atoms with E-state index < -0.39 is 17.7 Å². The monoisotopic (exact) mass is 394 g/mol. The number of halogens is 2. The summed E-state index contributed by atoms with van der Waals surface area (Å²) in [5, 5.41) is 10.1. The van der Waals surface area contributed by atoms with Gasteiger partial charge in [-0.1, -0.05) is 78.2 Å². The van der Waals surface area contributed by atoms with Crippen molar-refractivity contribution in [2.45, 2.75) is 39.0 Å². The lowest BCUT2D eigenvalue weighted by molar-refractivity contribution is -0.138. The zero-order chi connectivity index (χ0) is 17.9. The van der Waals surface area contributed by atoms with E-state index in [0.29, 0.717) is 11.1 Å². The molecule has 0 heterocycles. The molecule has 0 aliphatic carbocycles. The van der Waals surface area contributed by atoms with Gasteiger partial charge in [0, 0.05) is 10.9 Å². The van der Waals surface area contributed by atoms with Crippen LogP contribution >= 0.6 is 15.9 Å². The molecule has 0 saturated carbocycles. The topological polar surface area (TPSA) is 37.3 Å². The van der Waals surface area contributed by atoms with Crippen LogP contribution in [0.1, 0.15) is 44.6 Å². The van der Waals surface area contributed by atoms with Gasteiger partial charge in [0.1, 0.15) is 5.82 Å². The molecule has 2 nitrogen and oxygen atoms in total. The summed E-state index contributed by atoms with van der Waals surface area (Å²) in [4.78, 5) is 10.8. The summed E-state index contributed by atoms with van der Waals surface area (Å²) in [6.07, 6.45) is 4.02. The van der Waals surface area contributed by atoms with Crippen LogP contribution in [0.4, 0.5) is 4.39 Å². The number of carboxylic acids is 1. The van der Waals surface area contributed by atoms with E-state index in [1.807, 2.05) is 30.3 Å². The van der Waals surface area contributed by atoms with Crippen LogP contribution in [0.3, 0.4) is 0 Å². The molecule has 130 valence electrons. The predicted octanol–water partition coefficient (Wildman–Crippen LogP) is 6.25. The third kappa shape index (κ3) is 6.44. The first-order chi connectivity index (χ1) is 11.5. The van der Waals surface area contributed by atoms with Crippen LogP contribution in [0.15, 0.2) is 48.5 Å². The average molecular weight is 395 g/mol. The third-order valence-electron chi connectivity index (χ3n) is 3.69. The van der Waals surface area contributed by atoms with Crippen molar-refractivity contribution in [2.75, 3.05) is 5.33 Å². The molecule has 0 saturated heterocycles. The summed E-state index contributed by atoms with van der Waals surface area (Å²) in [5.74, 6) is -2.06. The Hall–Kier alpha value is -1.68. The van der Waals surface area contributed by atoms with Gasteiger partial charge in [0.05, 0.1) is 5.92 Å². The molecule has 0 bridgehead atoms. The number of benzene rings is 2. The number of rotatable bonds is 6. The molecule has 24 heavy (non-hydrogen) atoms. The largest absolute Gasteiger partial charge is 0.481 e. The Morgan fingerprint density at radius 1 is 1.17 bits per heavy atom. The molecule has 2 aromatic carbocycles. The standard InChI is InChI=1S/C15H13FO2.C5H11Br/c1-10(15(17)18)12-7-8-13(14(16)9-12)11-5-3-2-4-6-11;1-2-3-4-5-6/h2-10H,1H3,(H,17,18);2-5H2,1H3. The van der Waals surface area contributed by atoms with Gasteiger partial charge >= 0.3 is 5.97 Å². The Bertz CT molecular complexity index is 625. The molecule has 0 aliphatic heterocycles. The van der Waals surface area contributed by atoms with Crippen molar-refractivity contribution in [1.29, 1.82) is 0 Å². The maximum Gasteiger partial charge on any atom is 0.310 e. The Labute approximate surface area is 151 Å². The highest BCUT2D eigenvalue weighted by atomic mass is 79.9. The van der Waals surface area contributed by atoms with Crippen molar-refractivity contribution in [2.24, 2.45) is 0 Å². The molecule has 0 spiro atoms. The van der Waals surface area contributed by atoms with Gasteiger partial charge < -0.3 is 5.11 Å². The summed E-state index contributed by atoms with van der Waals surface area (Å²) < 4.78 is 14.0. The Morgan fingerprint density at radius 3 is 2.29 bits per heavy atom. The van der Waals surface area contributed by atoms with Gasteiger partial charge in [0.15, 0.2) is 0 Å². The van der Waals surface area contributed by atoms with Crippen molar-refractivity contribution >= 4 is 21.9 Å². The van der Waals surface area contributed by atoms with E-state index in [1.165, 1.54) is 30.7 Å².